The van der Waals surface area contributed by atoms with Crippen LogP contribution in [-0.4, -0.2) is 10.8 Å². The van der Waals surface area contributed by atoms with Crippen LogP contribution >= 0.6 is 22.9 Å². The van der Waals surface area contributed by atoms with E-state index in [1.807, 2.05) is 0 Å². The lowest BCUT2D eigenvalue weighted by molar-refractivity contribution is -0.581. The molecule has 3 aromatic rings. The van der Waals surface area contributed by atoms with Crippen LogP contribution in [0, 0.1) is 5.21 Å². The number of benzene rings is 1. The van der Waals surface area contributed by atoms with Gasteiger partial charge in [-0.15, -0.1) is 11.3 Å². The Morgan fingerprint density at radius 1 is 1.30 bits per heavy atom. The van der Waals surface area contributed by atoms with Gasteiger partial charge in [0.25, 0.3) is 11.5 Å². The molecule has 0 radical (unpaired) electrons. The number of rotatable bonds is 2. The van der Waals surface area contributed by atoms with Gasteiger partial charge in [-0.05, 0) is 23.6 Å². The van der Waals surface area contributed by atoms with Crippen molar-refractivity contribution in [3.05, 3.63) is 62.2 Å². The van der Waals surface area contributed by atoms with Crippen LogP contribution in [0.15, 0.2) is 35.7 Å². The average Bonchev–Trinajstić information content (AvgIpc) is 3.00. The van der Waals surface area contributed by atoms with E-state index in [-0.39, 0.29) is 25.7 Å². The summed E-state index contributed by atoms with van der Waals surface area (Å²) in [6.45, 7) is 0. The Morgan fingerprint density at radius 2 is 2.04 bits per heavy atom. The number of aromatic nitrogens is 2. The Kier molecular flexibility index (Phi) is 3.73. The van der Waals surface area contributed by atoms with Crippen molar-refractivity contribution in [2.45, 2.75) is 6.18 Å². The largest absolute Gasteiger partial charge is 0.618 e. The lowest BCUT2D eigenvalue weighted by Crippen LogP contribution is -2.39. The van der Waals surface area contributed by atoms with E-state index >= 15 is 0 Å². The molecule has 2 aromatic heterocycles. The summed E-state index contributed by atoms with van der Waals surface area (Å²) in [5.74, 6) is -1.03. The normalized spacial score (nSPS) is 11.8. The quantitative estimate of drug-likeness (QED) is 0.397. The van der Waals surface area contributed by atoms with Crippen LogP contribution in [-0.2, 0) is 6.18 Å². The van der Waals surface area contributed by atoms with E-state index in [2.05, 4.69) is 4.98 Å². The zero-order chi connectivity index (χ0) is 16.8. The lowest BCUT2D eigenvalue weighted by atomic mass is 10.1. The Hall–Kier alpha value is -2.19. The average molecular weight is 359 g/mol. The molecule has 118 valence electrons. The van der Waals surface area contributed by atoms with Crippen molar-refractivity contribution in [1.82, 2.24) is 4.98 Å². The highest BCUT2D eigenvalue weighted by Crippen LogP contribution is 2.32. The molecule has 3 rings (SSSR count). The third-order valence-electron chi connectivity index (χ3n) is 3.04. The molecule has 0 bridgehead atoms. The van der Waals surface area contributed by atoms with Crippen LogP contribution < -0.4 is 4.73 Å². The molecule has 4 nitrogen and oxygen atoms in total. The summed E-state index contributed by atoms with van der Waals surface area (Å²) in [5, 5.41) is 14.1. The van der Waals surface area contributed by atoms with E-state index in [0.717, 1.165) is 11.3 Å². The lowest BCUT2D eigenvalue weighted by Gasteiger charge is -2.12. The van der Waals surface area contributed by atoms with E-state index in [1.54, 1.807) is 0 Å². The maximum atomic E-state index is 13.2. The van der Waals surface area contributed by atoms with Crippen molar-refractivity contribution in [2.24, 2.45) is 0 Å². The minimum Gasteiger partial charge on any atom is -0.618 e. The number of fused-ring (bicyclic) bond motifs is 1. The smallest absolute Gasteiger partial charge is 0.440 e. The summed E-state index contributed by atoms with van der Waals surface area (Å²) in [6.07, 6.45) is -4.94. The highest BCUT2D eigenvalue weighted by atomic mass is 35.5. The summed E-state index contributed by atoms with van der Waals surface area (Å²) in [4.78, 5) is 15.8. The Bertz CT molecular complexity index is 911. The van der Waals surface area contributed by atoms with Crippen LogP contribution in [0.25, 0.3) is 11.0 Å². The number of carbonyl (C=O) groups is 1. The third kappa shape index (κ3) is 2.75. The molecule has 0 N–H and O–H groups in total. The van der Waals surface area contributed by atoms with Gasteiger partial charge >= 0.3 is 6.18 Å². The molecule has 9 heteroatoms. The van der Waals surface area contributed by atoms with Crippen molar-refractivity contribution in [3.63, 3.8) is 0 Å². The first kappa shape index (κ1) is 15.7. The SMILES string of the molecule is O=C(c1cccs1)c1c(C(F)(F)F)nc2ccc(Cl)cc2[n+]1[O-]. The molecule has 0 amide bonds. The number of hydrogen-bond donors (Lipinski definition) is 0. The van der Waals surface area contributed by atoms with Crippen LogP contribution in [0.3, 0.4) is 0 Å². The second-order valence-electron chi connectivity index (χ2n) is 4.54. The number of halogens is 4. The van der Waals surface area contributed by atoms with Crippen molar-refractivity contribution >= 4 is 39.8 Å². The summed E-state index contributed by atoms with van der Waals surface area (Å²) in [7, 11) is 0. The summed E-state index contributed by atoms with van der Waals surface area (Å²) < 4.78 is 39.7. The number of ketones is 1. The van der Waals surface area contributed by atoms with E-state index < -0.39 is 23.3 Å². The number of alkyl halides is 3. The van der Waals surface area contributed by atoms with Crippen molar-refractivity contribution in [1.29, 1.82) is 0 Å². The maximum Gasteiger partial charge on any atom is 0.440 e. The molecule has 1 aromatic carbocycles. The first-order valence-electron chi connectivity index (χ1n) is 6.17. The molecular weight excluding hydrogens is 353 g/mol. The monoisotopic (exact) mass is 358 g/mol. The molecule has 0 saturated carbocycles. The number of nitrogens with zero attached hydrogens (tertiary/aromatic N) is 2. The van der Waals surface area contributed by atoms with Crippen LogP contribution in [0.2, 0.25) is 5.02 Å². The molecule has 0 unspecified atom stereocenters. The third-order valence-corrected chi connectivity index (χ3v) is 4.15. The van der Waals surface area contributed by atoms with Crippen molar-refractivity contribution in [2.75, 3.05) is 0 Å². The summed E-state index contributed by atoms with van der Waals surface area (Å²) in [6, 6.07) is 6.53. The Morgan fingerprint density at radius 3 is 2.65 bits per heavy atom. The number of carbonyl (C=O) groups excluding carboxylic acids is 1. The highest BCUT2D eigenvalue weighted by molar-refractivity contribution is 7.12. The zero-order valence-electron chi connectivity index (χ0n) is 11.1. The highest BCUT2D eigenvalue weighted by Gasteiger charge is 2.44. The predicted octanol–water partition coefficient (Wildman–Crippen LogP) is 3.83. The van der Waals surface area contributed by atoms with Crippen LogP contribution in [0.4, 0.5) is 13.2 Å². The number of hydrogen-bond acceptors (Lipinski definition) is 4. The molecule has 0 aliphatic rings. The van der Waals surface area contributed by atoms with Gasteiger partial charge in [-0.2, -0.15) is 17.9 Å². The maximum absolute atomic E-state index is 13.2. The second kappa shape index (κ2) is 5.47. The van der Waals surface area contributed by atoms with Gasteiger partial charge in [0, 0.05) is 11.1 Å². The molecule has 0 fully saturated rings. The van der Waals surface area contributed by atoms with Gasteiger partial charge in [0.15, 0.2) is 0 Å². The molecular formula is C14H6ClF3N2O2S. The molecule has 23 heavy (non-hydrogen) atoms. The minimum atomic E-state index is -4.94. The molecule has 2 heterocycles. The zero-order valence-corrected chi connectivity index (χ0v) is 12.7. The van der Waals surface area contributed by atoms with Gasteiger partial charge in [0.1, 0.15) is 5.52 Å². The Labute approximate surface area is 136 Å². The van der Waals surface area contributed by atoms with E-state index in [1.165, 1.54) is 35.7 Å². The van der Waals surface area contributed by atoms with Gasteiger partial charge in [0.2, 0.25) is 11.2 Å². The van der Waals surface area contributed by atoms with Crippen molar-refractivity contribution in [3.8, 4) is 0 Å². The standard InChI is InChI=1S/C14H6ClF3N2O2S/c15-7-3-4-8-9(6-7)20(22)11(13(19-8)14(16,17)18)12(21)10-2-1-5-23-10/h1-6H. The van der Waals surface area contributed by atoms with E-state index in [4.69, 9.17) is 11.6 Å². The van der Waals surface area contributed by atoms with Crippen LogP contribution in [0.5, 0.6) is 0 Å². The van der Waals surface area contributed by atoms with Crippen molar-refractivity contribution < 1.29 is 22.7 Å². The Balaban J connectivity index is 2.37. The number of thiophene rings is 1. The van der Waals surface area contributed by atoms with Gasteiger partial charge < -0.3 is 5.21 Å². The molecule has 0 saturated heterocycles. The van der Waals surface area contributed by atoms with Gasteiger partial charge in [0.05, 0.1) is 4.88 Å². The molecule has 0 aliphatic heterocycles. The fraction of sp³-hybridized carbons (Fsp3) is 0.0714. The second-order valence-corrected chi connectivity index (χ2v) is 5.92. The van der Waals surface area contributed by atoms with Crippen LogP contribution in [0.1, 0.15) is 21.1 Å². The predicted molar refractivity (Wildman–Crippen MR) is 78.5 cm³/mol. The topological polar surface area (TPSA) is 56.9 Å². The van der Waals surface area contributed by atoms with E-state index in [9.17, 15) is 23.2 Å². The molecule has 0 aliphatic carbocycles. The summed E-state index contributed by atoms with van der Waals surface area (Å²) >= 11 is 6.71. The first-order chi connectivity index (χ1) is 10.8. The fourth-order valence-corrected chi connectivity index (χ4v) is 2.90. The summed E-state index contributed by atoms with van der Waals surface area (Å²) in [5.41, 5.74) is -2.97. The molecule has 0 atom stereocenters. The van der Waals surface area contributed by atoms with Gasteiger partial charge in [-0.3, -0.25) is 4.79 Å². The molecule has 0 spiro atoms. The first-order valence-corrected chi connectivity index (χ1v) is 7.43. The fourth-order valence-electron chi connectivity index (χ4n) is 2.07. The minimum absolute atomic E-state index is 0.0169. The van der Waals surface area contributed by atoms with Gasteiger partial charge in [-0.1, -0.05) is 17.7 Å². The van der Waals surface area contributed by atoms with E-state index in [0.29, 0.717) is 0 Å². The van der Waals surface area contributed by atoms with Gasteiger partial charge in [-0.25, -0.2) is 4.98 Å².